The van der Waals surface area contributed by atoms with E-state index in [1.807, 2.05) is 22.6 Å². The van der Waals surface area contributed by atoms with E-state index in [0.717, 1.165) is 8.04 Å². The van der Waals surface area contributed by atoms with Crippen LogP contribution in [-0.4, -0.2) is 29.1 Å². The molecule has 0 aliphatic carbocycles. The molecule has 0 bridgehead atoms. The first-order chi connectivity index (χ1) is 7.54. The van der Waals surface area contributed by atoms with Gasteiger partial charge in [-0.25, -0.2) is 4.79 Å². The number of aliphatic carboxylic acids is 1. The fourth-order valence-electron chi connectivity index (χ4n) is 1.02. The average Bonchev–Trinajstić information content (AvgIpc) is 2.16. The number of carboxylic acids is 1. The van der Waals surface area contributed by atoms with Gasteiger partial charge < -0.3 is 15.1 Å². The predicted molar refractivity (Wildman–Crippen MR) is 69.4 cm³/mol. The van der Waals surface area contributed by atoms with Gasteiger partial charge in [0.15, 0.2) is 6.61 Å². The van der Waals surface area contributed by atoms with Crippen LogP contribution in [0.4, 0.5) is 0 Å². The van der Waals surface area contributed by atoms with Crippen molar-refractivity contribution in [1.82, 2.24) is 0 Å². The molecule has 7 heteroatoms. The maximum Gasteiger partial charge on any atom is 0.341 e. The van der Waals surface area contributed by atoms with E-state index in [9.17, 15) is 4.79 Å². The summed E-state index contributed by atoms with van der Waals surface area (Å²) >= 11 is 5.28. The Balaban J connectivity index is 3.08. The molecule has 0 aromatic heterocycles. The third-order valence-corrected chi connectivity index (χ3v) is 2.83. The van der Waals surface area contributed by atoms with Crippen molar-refractivity contribution in [2.24, 2.45) is 5.16 Å². The van der Waals surface area contributed by atoms with Crippen molar-refractivity contribution < 1.29 is 19.8 Å². The molecule has 0 aliphatic rings. The van der Waals surface area contributed by atoms with Crippen molar-refractivity contribution in [2.75, 3.05) is 6.61 Å². The summed E-state index contributed by atoms with van der Waals surface area (Å²) in [7, 11) is 0. The van der Waals surface area contributed by atoms with Gasteiger partial charge in [-0.1, -0.05) is 21.1 Å². The van der Waals surface area contributed by atoms with E-state index in [1.54, 1.807) is 12.1 Å². The molecule has 1 rings (SSSR count). The third kappa shape index (κ3) is 3.63. The van der Waals surface area contributed by atoms with Crippen molar-refractivity contribution in [3.05, 3.63) is 25.7 Å². The molecule has 0 unspecified atom stereocenters. The Labute approximate surface area is 113 Å². The minimum Gasteiger partial charge on any atom is -0.480 e. The zero-order valence-corrected chi connectivity index (χ0v) is 11.6. The van der Waals surface area contributed by atoms with Gasteiger partial charge in [0.25, 0.3) is 0 Å². The standard InChI is InChI=1S/C9H7BrINO4/c10-6-1-5(3-12-15)9(7(11)2-6)16-4-8(13)14/h1-3,15H,4H2,(H,13,14). The van der Waals surface area contributed by atoms with Gasteiger partial charge in [-0.3, -0.25) is 0 Å². The first-order valence-electron chi connectivity index (χ1n) is 4.05. The molecule has 0 aliphatic heterocycles. The van der Waals surface area contributed by atoms with Gasteiger partial charge in [0.05, 0.1) is 9.78 Å². The Morgan fingerprint density at radius 1 is 1.62 bits per heavy atom. The molecule has 16 heavy (non-hydrogen) atoms. The van der Waals surface area contributed by atoms with Crippen molar-refractivity contribution in [3.8, 4) is 5.75 Å². The van der Waals surface area contributed by atoms with Crippen LogP contribution >= 0.6 is 38.5 Å². The second-order valence-electron chi connectivity index (χ2n) is 2.73. The molecule has 1 aromatic carbocycles. The van der Waals surface area contributed by atoms with Crippen LogP contribution in [-0.2, 0) is 4.79 Å². The van der Waals surface area contributed by atoms with Crippen LogP contribution in [0.3, 0.4) is 0 Å². The number of hydrogen-bond acceptors (Lipinski definition) is 4. The molecule has 0 saturated carbocycles. The van der Waals surface area contributed by atoms with Crippen molar-refractivity contribution in [1.29, 1.82) is 0 Å². The van der Waals surface area contributed by atoms with Gasteiger partial charge in [0, 0.05) is 10.0 Å². The van der Waals surface area contributed by atoms with E-state index in [1.165, 1.54) is 6.21 Å². The number of hydrogen-bond donors (Lipinski definition) is 2. The smallest absolute Gasteiger partial charge is 0.341 e. The molecular formula is C9H7BrINO4. The maximum atomic E-state index is 10.4. The van der Waals surface area contributed by atoms with E-state index in [0.29, 0.717) is 11.3 Å². The quantitative estimate of drug-likeness (QED) is 0.352. The molecule has 0 fully saturated rings. The fraction of sp³-hybridized carbons (Fsp3) is 0.111. The number of oxime groups is 1. The zero-order chi connectivity index (χ0) is 12.1. The van der Waals surface area contributed by atoms with Crippen LogP contribution in [0, 0.1) is 3.57 Å². The molecule has 0 heterocycles. The summed E-state index contributed by atoms with van der Waals surface area (Å²) in [5.41, 5.74) is 0.502. The first kappa shape index (κ1) is 13.2. The molecule has 0 atom stereocenters. The number of carbonyl (C=O) groups is 1. The van der Waals surface area contributed by atoms with Crippen LogP contribution < -0.4 is 4.74 Å². The van der Waals surface area contributed by atoms with Crippen molar-refractivity contribution in [3.63, 3.8) is 0 Å². The Hall–Kier alpha value is -0.830. The number of rotatable bonds is 4. The summed E-state index contributed by atoms with van der Waals surface area (Å²) in [6.07, 6.45) is 1.18. The molecule has 0 spiro atoms. The number of halogens is 2. The van der Waals surface area contributed by atoms with Gasteiger partial charge in [-0.15, -0.1) is 0 Å². The number of nitrogens with zero attached hydrogens (tertiary/aromatic N) is 1. The van der Waals surface area contributed by atoms with Gasteiger partial charge in [0.1, 0.15) is 5.75 Å². The highest BCUT2D eigenvalue weighted by Gasteiger charge is 2.10. The predicted octanol–water partition coefficient (Wildman–Crippen LogP) is 2.33. The molecule has 2 N–H and O–H groups in total. The number of ether oxygens (including phenoxy) is 1. The Morgan fingerprint density at radius 2 is 2.31 bits per heavy atom. The maximum absolute atomic E-state index is 10.4. The van der Waals surface area contributed by atoms with Gasteiger partial charge in [0.2, 0.25) is 0 Å². The zero-order valence-electron chi connectivity index (χ0n) is 7.85. The molecule has 0 saturated heterocycles. The Kier molecular flexibility index (Phi) is 5.00. The summed E-state index contributed by atoms with van der Waals surface area (Å²) in [5, 5.41) is 19.9. The molecule has 0 amide bonds. The normalized spacial score (nSPS) is 10.6. The first-order valence-corrected chi connectivity index (χ1v) is 5.93. The van der Waals surface area contributed by atoms with E-state index in [4.69, 9.17) is 15.1 Å². The summed E-state index contributed by atoms with van der Waals surface area (Å²) in [6.45, 7) is -0.441. The van der Waals surface area contributed by atoms with E-state index < -0.39 is 12.6 Å². The topological polar surface area (TPSA) is 79.1 Å². The van der Waals surface area contributed by atoms with Crippen LogP contribution in [0.15, 0.2) is 21.8 Å². The van der Waals surface area contributed by atoms with Crippen LogP contribution in [0.5, 0.6) is 5.75 Å². The lowest BCUT2D eigenvalue weighted by molar-refractivity contribution is -0.139. The Bertz CT molecular complexity index is 436. The summed E-state index contributed by atoms with van der Waals surface area (Å²) in [6, 6.07) is 3.44. The highest BCUT2D eigenvalue weighted by molar-refractivity contribution is 14.1. The molecular weight excluding hydrogens is 393 g/mol. The number of carboxylic acid groups (broad SMARTS) is 1. The minimum atomic E-state index is -1.06. The SMILES string of the molecule is O=C(O)COc1c(I)cc(Br)cc1C=NO. The molecule has 1 aromatic rings. The average molecular weight is 400 g/mol. The lowest BCUT2D eigenvalue weighted by Crippen LogP contribution is -2.11. The second kappa shape index (κ2) is 6.04. The largest absolute Gasteiger partial charge is 0.480 e. The molecule has 0 radical (unpaired) electrons. The monoisotopic (exact) mass is 399 g/mol. The lowest BCUT2D eigenvalue weighted by atomic mass is 10.2. The van der Waals surface area contributed by atoms with Crippen LogP contribution in [0.25, 0.3) is 0 Å². The second-order valence-corrected chi connectivity index (χ2v) is 4.81. The van der Waals surface area contributed by atoms with Crippen LogP contribution in [0.2, 0.25) is 0 Å². The Morgan fingerprint density at radius 3 is 2.88 bits per heavy atom. The van der Waals surface area contributed by atoms with Gasteiger partial charge in [-0.05, 0) is 34.7 Å². The summed E-state index contributed by atoms with van der Waals surface area (Å²) in [4.78, 5) is 10.4. The lowest BCUT2D eigenvalue weighted by Gasteiger charge is -2.09. The molecule has 5 nitrogen and oxygen atoms in total. The van der Waals surface area contributed by atoms with Crippen molar-refractivity contribution >= 4 is 50.7 Å². The summed E-state index contributed by atoms with van der Waals surface area (Å²) < 4.78 is 6.62. The third-order valence-electron chi connectivity index (χ3n) is 1.57. The van der Waals surface area contributed by atoms with E-state index >= 15 is 0 Å². The highest BCUT2D eigenvalue weighted by Crippen LogP contribution is 2.28. The highest BCUT2D eigenvalue weighted by atomic mass is 127. The van der Waals surface area contributed by atoms with Crippen molar-refractivity contribution in [2.45, 2.75) is 0 Å². The van der Waals surface area contributed by atoms with Gasteiger partial charge >= 0.3 is 5.97 Å². The van der Waals surface area contributed by atoms with Crippen LogP contribution in [0.1, 0.15) is 5.56 Å². The van der Waals surface area contributed by atoms with E-state index in [-0.39, 0.29) is 0 Å². The fourth-order valence-corrected chi connectivity index (χ4v) is 2.73. The minimum absolute atomic E-state index is 0.379. The summed E-state index contributed by atoms with van der Waals surface area (Å²) in [5.74, 6) is -0.686. The van der Waals surface area contributed by atoms with E-state index in [2.05, 4.69) is 21.1 Å². The molecule has 86 valence electrons. The van der Waals surface area contributed by atoms with Gasteiger partial charge in [-0.2, -0.15) is 0 Å². The number of benzene rings is 1.